The second-order valence-corrected chi connectivity index (χ2v) is 7.87. The van der Waals surface area contributed by atoms with Gasteiger partial charge in [0.05, 0.1) is 4.47 Å². The van der Waals surface area contributed by atoms with Crippen molar-refractivity contribution in [3.05, 3.63) is 58.1 Å². The van der Waals surface area contributed by atoms with Crippen molar-refractivity contribution >= 4 is 33.4 Å². The maximum Gasteiger partial charge on any atom is 0.262 e. The number of carbonyl (C=O) groups is 2. The zero-order valence-corrected chi connectivity index (χ0v) is 19.3. The highest BCUT2D eigenvalue weighted by molar-refractivity contribution is 9.10. The van der Waals surface area contributed by atoms with Gasteiger partial charge in [-0.25, -0.2) is 0 Å². The number of anilines is 1. The molecule has 0 bridgehead atoms. The number of nitrogens with one attached hydrogen (secondary N) is 2. The molecular formula is C23H29BrN2O4. The molecule has 162 valence electrons. The standard InChI is InChI=1S/C23H29BrN2O4/c1-4-16(2)18-8-11-21(20(24)14-18)30-15-22(27)26-19-9-6-17(7-10-19)23(28)25-12-5-13-29-3/h6-11,14,16H,4-5,12-13,15H2,1-3H3,(H,25,28)(H,26,27). The number of benzene rings is 2. The largest absolute Gasteiger partial charge is 0.483 e. The lowest BCUT2D eigenvalue weighted by molar-refractivity contribution is -0.118. The highest BCUT2D eigenvalue weighted by atomic mass is 79.9. The number of amides is 2. The Morgan fingerprint density at radius 1 is 1.13 bits per heavy atom. The van der Waals surface area contributed by atoms with Crippen LogP contribution in [-0.4, -0.2) is 38.7 Å². The van der Waals surface area contributed by atoms with E-state index in [-0.39, 0.29) is 18.4 Å². The number of ether oxygens (including phenoxy) is 2. The van der Waals surface area contributed by atoms with Crippen LogP contribution in [-0.2, 0) is 9.53 Å². The van der Waals surface area contributed by atoms with Gasteiger partial charge in [0.15, 0.2) is 6.61 Å². The summed E-state index contributed by atoms with van der Waals surface area (Å²) < 4.78 is 11.4. The van der Waals surface area contributed by atoms with Gasteiger partial charge in [0.1, 0.15) is 5.75 Å². The highest BCUT2D eigenvalue weighted by Crippen LogP contribution is 2.30. The predicted molar refractivity (Wildman–Crippen MR) is 122 cm³/mol. The molecular weight excluding hydrogens is 448 g/mol. The number of methoxy groups -OCH3 is 1. The summed E-state index contributed by atoms with van der Waals surface area (Å²) in [6.45, 7) is 5.37. The van der Waals surface area contributed by atoms with Crippen LogP contribution in [0.2, 0.25) is 0 Å². The fourth-order valence-electron chi connectivity index (χ4n) is 2.74. The van der Waals surface area contributed by atoms with Crippen LogP contribution in [0.15, 0.2) is 46.9 Å². The quantitative estimate of drug-likeness (QED) is 0.458. The van der Waals surface area contributed by atoms with E-state index < -0.39 is 0 Å². The van der Waals surface area contributed by atoms with E-state index in [1.807, 2.05) is 18.2 Å². The SMILES string of the molecule is CCC(C)c1ccc(OCC(=O)Nc2ccc(C(=O)NCCCOC)cc2)c(Br)c1. The van der Waals surface area contributed by atoms with Crippen molar-refractivity contribution in [3.63, 3.8) is 0 Å². The first-order valence-electron chi connectivity index (χ1n) is 10.0. The molecule has 7 heteroatoms. The molecule has 0 aliphatic heterocycles. The van der Waals surface area contributed by atoms with E-state index in [0.29, 0.717) is 36.1 Å². The molecule has 0 radical (unpaired) electrons. The summed E-state index contributed by atoms with van der Waals surface area (Å²) in [4.78, 5) is 24.3. The molecule has 2 aromatic carbocycles. The topological polar surface area (TPSA) is 76.7 Å². The fraction of sp³-hybridized carbons (Fsp3) is 0.391. The van der Waals surface area contributed by atoms with Crippen molar-refractivity contribution in [2.45, 2.75) is 32.6 Å². The van der Waals surface area contributed by atoms with Crippen molar-refractivity contribution in [3.8, 4) is 5.75 Å². The van der Waals surface area contributed by atoms with Crippen molar-refractivity contribution in [1.82, 2.24) is 5.32 Å². The zero-order chi connectivity index (χ0) is 21.9. The molecule has 0 aliphatic carbocycles. The van der Waals surface area contributed by atoms with Crippen molar-refractivity contribution in [2.75, 3.05) is 32.2 Å². The van der Waals surface area contributed by atoms with Gasteiger partial charge < -0.3 is 20.1 Å². The van der Waals surface area contributed by atoms with E-state index in [1.54, 1.807) is 31.4 Å². The molecule has 1 atom stereocenters. The van der Waals surface area contributed by atoms with Gasteiger partial charge in [0.25, 0.3) is 11.8 Å². The number of carbonyl (C=O) groups excluding carboxylic acids is 2. The number of halogens is 1. The monoisotopic (exact) mass is 476 g/mol. The lowest BCUT2D eigenvalue weighted by Crippen LogP contribution is -2.25. The molecule has 0 fully saturated rings. The third-order valence-corrected chi connectivity index (χ3v) is 5.36. The second kappa shape index (κ2) is 12.3. The first kappa shape index (κ1) is 23.9. The summed E-state index contributed by atoms with van der Waals surface area (Å²) in [7, 11) is 1.63. The summed E-state index contributed by atoms with van der Waals surface area (Å²) >= 11 is 3.51. The maximum absolute atomic E-state index is 12.2. The smallest absolute Gasteiger partial charge is 0.262 e. The van der Waals surface area contributed by atoms with E-state index in [0.717, 1.165) is 17.3 Å². The summed E-state index contributed by atoms with van der Waals surface area (Å²) in [5.74, 6) is 0.662. The minimum atomic E-state index is -0.273. The van der Waals surface area contributed by atoms with Crippen LogP contribution in [0.3, 0.4) is 0 Å². The second-order valence-electron chi connectivity index (χ2n) is 7.02. The van der Waals surface area contributed by atoms with Crippen LogP contribution >= 0.6 is 15.9 Å². The van der Waals surface area contributed by atoms with Gasteiger partial charge in [0.2, 0.25) is 0 Å². The average Bonchev–Trinajstić information content (AvgIpc) is 2.75. The van der Waals surface area contributed by atoms with Crippen LogP contribution in [0.5, 0.6) is 5.75 Å². The minimum Gasteiger partial charge on any atom is -0.483 e. The van der Waals surface area contributed by atoms with E-state index in [4.69, 9.17) is 9.47 Å². The zero-order valence-electron chi connectivity index (χ0n) is 17.7. The van der Waals surface area contributed by atoms with Gasteiger partial charge in [-0.15, -0.1) is 0 Å². The molecule has 2 N–H and O–H groups in total. The molecule has 1 unspecified atom stereocenters. The molecule has 0 saturated carbocycles. The Balaban J connectivity index is 1.83. The minimum absolute atomic E-state index is 0.108. The molecule has 2 rings (SSSR count). The van der Waals surface area contributed by atoms with Gasteiger partial charge in [-0.1, -0.05) is 19.9 Å². The summed E-state index contributed by atoms with van der Waals surface area (Å²) in [6, 6.07) is 12.7. The van der Waals surface area contributed by atoms with Crippen LogP contribution in [0.25, 0.3) is 0 Å². The van der Waals surface area contributed by atoms with E-state index in [2.05, 4.69) is 40.4 Å². The van der Waals surface area contributed by atoms with Gasteiger partial charge >= 0.3 is 0 Å². The first-order chi connectivity index (χ1) is 14.4. The number of hydrogen-bond acceptors (Lipinski definition) is 4. The van der Waals surface area contributed by atoms with Gasteiger partial charge in [-0.3, -0.25) is 9.59 Å². The van der Waals surface area contributed by atoms with Crippen LogP contribution in [0.4, 0.5) is 5.69 Å². The number of rotatable bonds is 11. The van der Waals surface area contributed by atoms with Crippen LogP contribution in [0, 0.1) is 0 Å². The summed E-state index contributed by atoms with van der Waals surface area (Å²) in [6.07, 6.45) is 1.82. The highest BCUT2D eigenvalue weighted by Gasteiger charge is 2.10. The van der Waals surface area contributed by atoms with E-state index in [9.17, 15) is 9.59 Å². The molecule has 0 aliphatic rings. The molecule has 0 saturated heterocycles. The van der Waals surface area contributed by atoms with Crippen molar-refractivity contribution < 1.29 is 19.1 Å². The Morgan fingerprint density at radius 3 is 2.50 bits per heavy atom. The molecule has 2 amide bonds. The van der Waals surface area contributed by atoms with Gasteiger partial charge in [-0.2, -0.15) is 0 Å². The fourth-order valence-corrected chi connectivity index (χ4v) is 3.25. The van der Waals surface area contributed by atoms with E-state index >= 15 is 0 Å². The van der Waals surface area contributed by atoms with Crippen LogP contribution < -0.4 is 15.4 Å². The Bertz CT molecular complexity index is 840. The molecule has 0 heterocycles. The van der Waals surface area contributed by atoms with Crippen molar-refractivity contribution in [2.24, 2.45) is 0 Å². The molecule has 6 nitrogen and oxygen atoms in total. The first-order valence-corrected chi connectivity index (χ1v) is 10.8. The van der Waals surface area contributed by atoms with Gasteiger partial charge in [0, 0.05) is 31.5 Å². The summed E-state index contributed by atoms with van der Waals surface area (Å²) in [5.41, 5.74) is 2.36. The lowest BCUT2D eigenvalue weighted by Gasteiger charge is -2.13. The Hall–Kier alpha value is -2.38. The molecule has 2 aromatic rings. The molecule has 0 spiro atoms. The Labute approximate surface area is 186 Å². The Morgan fingerprint density at radius 2 is 1.87 bits per heavy atom. The third kappa shape index (κ3) is 7.46. The molecule has 30 heavy (non-hydrogen) atoms. The maximum atomic E-state index is 12.2. The van der Waals surface area contributed by atoms with E-state index in [1.165, 1.54) is 5.56 Å². The Kier molecular flexibility index (Phi) is 9.83. The van der Waals surface area contributed by atoms with Crippen LogP contribution in [0.1, 0.15) is 48.5 Å². The third-order valence-electron chi connectivity index (χ3n) is 4.74. The average molecular weight is 477 g/mol. The predicted octanol–water partition coefficient (Wildman–Crippen LogP) is 4.75. The summed E-state index contributed by atoms with van der Waals surface area (Å²) in [5, 5.41) is 5.59. The normalized spacial score (nSPS) is 11.6. The molecule has 0 aromatic heterocycles. The van der Waals surface area contributed by atoms with Crippen molar-refractivity contribution in [1.29, 1.82) is 0 Å². The lowest BCUT2D eigenvalue weighted by atomic mass is 9.99. The van der Waals surface area contributed by atoms with Gasteiger partial charge in [-0.05, 0) is 76.7 Å². The number of hydrogen-bond donors (Lipinski definition) is 2.